The summed E-state index contributed by atoms with van der Waals surface area (Å²) >= 11 is 0. The zero-order valence-electron chi connectivity index (χ0n) is 17.6. The predicted octanol–water partition coefficient (Wildman–Crippen LogP) is 4.83. The van der Waals surface area contributed by atoms with Gasteiger partial charge in [0.1, 0.15) is 23.1 Å². The van der Waals surface area contributed by atoms with Gasteiger partial charge >= 0.3 is 6.03 Å². The van der Waals surface area contributed by atoms with Crippen LogP contribution in [-0.2, 0) is 0 Å². The number of urea groups is 1. The summed E-state index contributed by atoms with van der Waals surface area (Å²) in [4.78, 5) is 18.9. The molecule has 3 rings (SSSR count). The molecule has 7 nitrogen and oxygen atoms in total. The number of carbonyl (C=O) groups excluding carboxylic acids is 1. The zero-order valence-corrected chi connectivity index (χ0v) is 17.6. The molecule has 2 heterocycles. The van der Waals surface area contributed by atoms with Crippen molar-refractivity contribution in [2.75, 3.05) is 10.6 Å². The Morgan fingerprint density at radius 3 is 2.47 bits per heavy atom. The van der Waals surface area contributed by atoms with Gasteiger partial charge in [0.15, 0.2) is 5.65 Å². The summed E-state index contributed by atoms with van der Waals surface area (Å²) in [6, 6.07) is 4.29. The van der Waals surface area contributed by atoms with Crippen molar-refractivity contribution < 1.29 is 13.6 Å². The van der Waals surface area contributed by atoms with E-state index in [0.717, 1.165) is 18.2 Å². The Hall–Kier alpha value is -3.23. The van der Waals surface area contributed by atoms with Gasteiger partial charge in [-0.1, -0.05) is 0 Å². The minimum Gasteiger partial charge on any atom is -0.363 e. The molecule has 1 atom stereocenters. The molecule has 0 bridgehead atoms. The van der Waals surface area contributed by atoms with Gasteiger partial charge in [-0.3, -0.25) is 0 Å². The molecule has 0 aliphatic rings. The van der Waals surface area contributed by atoms with E-state index >= 15 is 0 Å². The van der Waals surface area contributed by atoms with Crippen molar-refractivity contribution in [1.82, 2.24) is 19.5 Å². The van der Waals surface area contributed by atoms with Crippen LogP contribution in [0.15, 0.2) is 36.7 Å². The number of carbonyl (C=O) groups is 1. The third-order valence-electron chi connectivity index (χ3n) is 4.75. The number of benzene rings is 1. The molecule has 2 amide bonds. The van der Waals surface area contributed by atoms with Gasteiger partial charge in [0.05, 0.1) is 12.2 Å². The molecule has 3 aromatic rings. The summed E-state index contributed by atoms with van der Waals surface area (Å²) in [5.41, 5.74) is 1.09. The fourth-order valence-corrected chi connectivity index (χ4v) is 3.43. The summed E-state index contributed by atoms with van der Waals surface area (Å²) in [6.45, 7) is 9.50. The maximum Gasteiger partial charge on any atom is 0.322 e. The lowest BCUT2D eigenvalue weighted by Gasteiger charge is -2.30. The van der Waals surface area contributed by atoms with E-state index in [1.165, 1.54) is 10.7 Å². The summed E-state index contributed by atoms with van der Waals surface area (Å²) in [5, 5.41) is 10.1. The van der Waals surface area contributed by atoms with Crippen LogP contribution in [0.3, 0.4) is 0 Å². The first-order valence-corrected chi connectivity index (χ1v) is 9.82. The maximum absolute atomic E-state index is 14.0. The lowest BCUT2D eigenvalue weighted by molar-refractivity contribution is 0.178. The van der Waals surface area contributed by atoms with Crippen molar-refractivity contribution in [3.63, 3.8) is 0 Å². The number of hydrogen-bond acceptors (Lipinski definition) is 4. The Balaban J connectivity index is 1.84. The summed E-state index contributed by atoms with van der Waals surface area (Å²) in [6.07, 6.45) is 3.20. The number of aromatic nitrogens is 3. The van der Waals surface area contributed by atoms with Gasteiger partial charge in [0.25, 0.3) is 0 Å². The lowest BCUT2D eigenvalue weighted by Crippen LogP contribution is -2.44. The second-order valence-corrected chi connectivity index (χ2v) is 7.70. The van der Waals surface area contributed by atoms with E-state index in [-0.39, 0.29) is 23.7 Å². The number of nitrogens with one attached hydrogen (secondary N) is 2. The molecule has 0 saturated carbocycles. The average molecular weight is 416 g/mol. The highest BCUT2D eigenvalue weighted by Crippen LogP contribution is 2.23. The highest BCUT2D eigenvalue weighted by atomic mass is 19.1. The average Bonchev–Trinajstić information content (AvgIpc) is 3.05. The van der Waals surface area contributed by atoms with Crippen molar-refractivity contribution in [2.24, 2.45) is 0 Å². The monoisotopic (exact) mass is 416 g/mol. The normalized spacial score (nSPS) is 12.4. The minimum absolute atomic E-state index is 0.0269. The Labute approximate surface area is 174 Å². The first-order chi connectivity index (χ1) is 14.2. The number of halogens is 2. The van der Waals surface area contributed by atoms with Crippen LogP contribution < -0.4 is 10.6 Å². The van der Waals surface area contributed by atoms with E-state index < -0.39 is 17.7 Å². The molecule has 160 valence electrons. The van der Waals surface area contributed by atoms with E-state index in [4.69, 9.17) is 0 Å². The molecule has 0 aliphatic carbocycles. The third-order valence-corrected chi connectivity index (χ3v) is 4.75. The molecule has 0 aliphatic heterocycles. The van der Waals surface area contributed by atoms with E-state index in [1.54, 1.807) is 24.1 Å². The van der Waals surface area contributed by atoms with Crippen molar-refractivity contribution in [1.29, 1.82) is 0 Å². The van der Waals surface area contributed by atoms with E-state index in [9.17, 15) is 13.6 Å². The van der Waals surface area contributed by atoms with Gasteiger partial charge in [0, 0.05) is 23.8 Å². The highest BCUT2D eigenvalue weighted by Gasteiger charge is 2.22. The van der Waals surface area contributed by atoms with Crippen LogP contribution in [0.5, 0.6) is 0 Å². The molecule has 0 radical (unpaired) electrons. The predicted molar refractivity (Wildman–Crippen MR) is 113 cm³/mol. The summed E-state index contributed by atoms with van der Waals surface area (Å²) in [7, 11) is 0. The van der Waals surface area contributed by atoms with E-state index in [0.29, 0.717) is 17.2 Å². The molecule has 0 fully saturated rings. The Kier molecular flexibility index (Phi) is 6.19. The SMILES string of the molecule is CC(C)N(C(=O)Nc1cnn2ccc(N[C@H](C)c3cc(F)ccc3F)nc12)C(C)C. The lowest BCUT2D eigenvalue weighted by atomic mass is 10.1. The first-order valence-electron chi connectivity index (χ1n) is 9.82. The number of fused-ring (bicyclic) bond motifs is 1. The highest BCUT2D eigenvalue weighted by molar-refractivity contribution is 5.93. The van der Waals surface area contributed by atoms with E-state index in [1.807, 2.05) is 27.7 Å². The van der Waals surface area contributed by atoms with Crippen LogP contribution in [0.1, 0.15) is 46.2 Å². The van der Waals surface area contributed by atoms with Crippen molar-refractivity contribution in [3.05, 3.63) is 53.9 Å². The Bertz CT molecular complexity index is 1040. The largest absolute Gasteiger partial charge is 0.363 e. The molecular formula is C21H26F2N6O. The molecule has 2 aromatic heterocycles. The van der Waals surface area contributed by atoms with Gasteiger partial charge in [-0.15, -0.1) is 0 Å². The van der Waals surface area contributed by atoms with Crippen LogP contribution >= 0.6 is 0 Å². The molecule has 0 spiro atoms. The molecule has 0 saturated heterocycles. The van der Waals surface area contributed by atoms with Crippen molar-refractivity contribution in [2.45, 2.75) is 52.7 Å². The van der Waals surface area contributed by atoms with Crippen molar-refractivity contribution >= 4 is 23.2 Å². The van der Waals surface area contributed by atoms with Gasteiger partial charge in [-0.2, -0.15) is 5.10 Å². The topological polar surface area (TPSA) is 74.6 Å². The molecule has 9 heteroatoms. The minimum atomic E-state index is -0.519. The Morgan fingerprint density at radius 2 is 1.80 bits per heavy atom. The molecular weight excluding hydrogens is 390 g/mol. The number of nitrogens with zero attached hydrogens (tertiary/aromatic N) is 4. The molecule has 2 N–H and O–H groups in total. The first kappa shape index (κ1) is 21.5. The van der Waals surface area contributed by atoms with Crippen molar-refractivity contribution in [3.8, 4) is 0 Å². The van der Waals surface area contributed by atoms with Crippen LogP contribution in [0, 0.1) is 11.6 Å². The fraction of sp³-hybridized carbons (Fsp3) is 0.381. The van der Waals surface area contributed by atoms with Gasteiger partial charge in [-0.25, -0.2) is 23.1 Å². The quantitative estimate of drug-likeness (QED) is 0.604. The molecule has 0 unspecified atom stereocenters. The second kappa shape index (κ2) is 8.64. The summed E-state index contributed by atoms with van der Waals surface area (Å²) in [5.74, 6) is -0.569. The van der Waals surface area contributed by atoms with Crippen LogP contribution in [-0.4, -0.2) is 37.6 Å². The van der Waals surface area contributed by atoms with Gasteiger partial charge < -0.3 is 15.5 Å². The number of rotatable bonds is 6. The van der Waals surface area contributed by atoms with Crippen LogP contribution in [0.25, 0.3) is 5.65 Å². The van der Waals surface area contributed by atoms with Crippen LogP contribution in [0.2, 0.25) is 0 Å². The zero-order chi connectivity index (χ0) is 22.0. The van der Waals surface area contributed by atoms with E-state index in [2.05, 4.69) is 20.7 Å². The standard InChI is InChI=1S/C21H26F2N6O/c1-12(2)29(13(3)4)21(30)26-18-11-24-28-9-8-19(27-20(18)28)25-14(5)16-10-15(22)6-7-17(16)23/h6-14H,1-5H3,(H,25,27)(H,26,30)/t14-/m1/s1. The molecule has 1 aromatic carbocycles. The number of hydrogen-bond donors (Lipinski definition) is 2. The van der Waals surface area contributed by atoms with Crippen LogP contribution in [0.4, 0.5) is 25.1 Å². The fourth-order valence-electron chi connectivity index (χ4n) is 3.43. The smallest absolute Gasteiger partial charge is 0.322 e. The van der Waals surface area contributed by atoms with Gasteiger partial charge in [0.2, 0.25) is 0 Å². The van der Waals surface area contributed by atoms with Gasteiger partial charge in [-0.05, 0) is 58.9 Å². The number of anilines is 2. The second-order valence-electron chi connectivity index (χ2n) is 7.70. The summed E-state index contributed by atoms with van der Waals surface area (Å²) < 4.78 is 29.1. The Morgan fingerprint density at radius 1 is 1.10 bits per heavy atom. The third kappa shape index (κ3) is 4.50. The number of amides is 2. The molecule has 30 heavy (non-hydrogen) atoms. The maximum atomic E-state index is 14.0.